The summed E-state index contributed by atoms with van der Waals surface area (Å²) in [5, 5.41) is 5.11. The minimum atomic E-state index is -1.14. The van der Waals surface area contributed by atoms with Gasteiger partial charge < -0.3 is 25.0 Å². The Morgan fingerprint density at radius 2 is 1.86 bits per heavy atom. The average molecular weight is 507 g/mol. The molecular formula is C27H30N4O6. The van der Waals surface area contributed by atoms with Crippen LogP contribution in [0.1, 0.15) is 40.7 Å². The maximum Gasteiger partial charge on any atom is 0.411 e. The third kappa shape index (κ3) is 5.01. The zero-order valence-electron chi connectivity index (χ0n) is 20.7. The maximum absolute atomic E-state index is 13.6. The number of Topliss-reactive ketones (excluding diaryl/α,β-unsaturated/α-hetero) is 1. The lowest BCUT2D eigenvalue weighted by atomic mass is 9.95. The lowest BCUT2D eigenvalue weighted by molar-refractivity contribution is -0.136. The number of fused-ring (bicyclic) bond motifs is 2. The summed E-state index contributed by atoms with van der Waals surface area (Å²) in [4.78, 5) is 54.2. The van der Waals surface area contributed by atoms with Crippen molar-refractivity contribution in [2.45, 2.75) is 37.5 Å². The van der Waals surface area contributed by atoms with Gasteiger partial charge in [0.1, 0.15) is 6.54 Å². The summed E-state index contributed by atoms with van der Waals surface area (Å²) in [6.07, 6.45) is 0.853. The SMILES string of the molecule is CNC(=O)Nc1ccc2c(c1)C(=O)CC21CN(CC(=O)N(Cc2ccccc2)C2CCOCC2)C(=O)O1. The summed E-state index contributed by atoms with van der Waals surface area (Å²) in [6, 6.07) is 14.4. The van der Waals surface area contributed by atoms with Gasteiger partial charge in [-0.05, 0) is 30.5 Å². The fraction of sp³-hybridized carbons (Fsp3) is 0.407. The van der Waals surface area contributed by atoms with Crippen molar-refractivity contribution >= 4 is 29.5 Å². The smallest absolute Gasteiger partial charge is 0.411 e. The molecule has 4 amide bonds. The standard InChI is InChI=1S/C27H30N4O6/c1-28-25(34)29-19-7-8-22-21(13-19)23(32)14-27(22)17-30(26(35)37-27)16-24(33)31(20-9-11-36-12-10-20)15-18-5-3-2-4-6-18/h2-8,13,20H,9-12,14-17H2,1H3,(H2,28,29,34). The molecular weight excluding hydrogens is 476 g/mol. The van der Waals surface area contributed by atoms with Crippen molar-refractivity contribution in [2.24, 2.45) is 0 Å². The highest BCUT2D eigenvalue weighted by Gasteiger charge is 2.54. The van der Waals surface area contributed by atoms with E-state index in [1.54, 1.807) is 18.2 Å². The monoisotopic (exact) mass is 506 g/mol. The Hall–Kier alpha value is -3.92. The van der Waals surface area contributed by atoms with Crippen LogP contribution in [0.25, 0.3) is 0 Å². The lowest BCUT2D eigenvalue weighted by Gasteiger charge is -2.35. The Bertz CT molecular complexity index is 1210. The van der Waals surface area contributed by atoms with E-state index in [9.17, 15) is 19.2 Å². The van der Waals surface area contributed by atoms with Crippen molar-refractivity contribution in [2.75, 3.05) is 38.7 Å². The Balaban J connectivity index is 1.33. The van der Waals surface area contributed by atoms with E-state index in [0.29, 0.717) is 36.6 Å². The lowest BCUT2D eigenvalue weighted by Crippen LogP contribution is -2.47. The van der Waals surface area contributed by atoms with Crippen molar-refractivity contribution in [3.63, 3.8) is 0 Å². The van der Waals surface area contributed by atoms with E-state index in [0.717, 1.165) is 18.4 Å². The molecule has 5 rings (SSSR count). The number of anilines is 1. The molecule has 2 aromatic rings. The van der Waals surface area contributed by atoms with Crippen molar-refractivity contribution < 1.29 is 28.7 Å². The molecule has 2 N–H and O–H groups in total. The van der Waals surface area contributed by atoms with E-state index in [1.807, 2.05) is 35.2 Å². The molecule has 0 aromatic heterocycles. The molecule has 2 aliphatic heterocycles. The van der Waals surface area contributed by atoms with E-state index in [4.69, 9.17) is 9.47 Å². The zero-order valence-corrected chi connectivity index (χ0v) is 20.7. The number of carbonyl (C=O) groups is 4. The Labute approximate surface area is 214 Å². The van der Waals surface area contributed by atoms with Gasteiger partial charge in [0.05, 0.1) is 13.0 Å². The quantitative estimate of drug-likeness (QED) is 0.622. The summed E-state index contributed by atoms with van der Waals surface area (Å²) < 4.78 is 11.3. The van der Waals surface area contributed by atoms with Crippen molar-refractivity contribution in [3.8, 4) is 0 Å². The average Bonchev–Trinajstić information content (AvgIpc) is 3.36. The van der Waals surface area contributed by atoms with Crippen LogP contribution in [-0.2, 0) is 26.4 Å². The largest absolute Gasteiger partial charge is 0.435 e. The van der Waals surface area contributed by atoms with Gasteiger partial charge in [-0.15, -0.1) is 0 Å². The van der Waals surface area contributed by atoms with Crippen molar-refractivity contribution in [1.29, 1.82) is 0 Å². The van der Waals surface area contributed by atoms with Gasteiger partial charge >= 0.3 is 12.1 Å². The summed E-state index contributed by atoms with van der Waals surface area (Å²) in [6.45, 7) is 1.60. The van der Waals surface area contributed by atoms with Crippen LogP contribution in [0.2, 0.25) is 0 Å². The molecule has 3 aliphatic rings. The van der Waals surface area contributed by atoms with Gasteiger partial charge in [-0.25, -0.2) is 9.59 Å². The number of nitrogens with one attached hydrogen (secondary N) is 2. The van der Waals surface area contributed by atoms with Crippen LogP contribution in [0.4, 0.5) is 15.3 Å². The van der Waals surface area contributed by atoms with Gasteiger partial charge in [0.15, 0.2) is 11.4 Å². The zero-order chi connectivity index (χ0) is 26.0. The molecule has 0 bridgehead atoms. The van der Waals surface area contributed by atoms with Crippen LogP contribution in [0, 0.1) is 0 Å². The van der Waals surface area contributed by atoms with E-state index in [1.165, 1.54) is 11.9 Å². The number of hydrogen-bond acceptors (Lipinski definition) is 6. The predicted molar refractivity (Wildman–Crippen MR) is 134 cm³/mol. The number of amides is 4. The highest BCUT2D eigenvalue weighted by Crippen LogP contribution is 2.45. The molecule has 194 valence electrons. The summed E-state index contributed by atoms with van der Waals surface area (Å²) in [5.74, 6) is -0.344. The van der Waals surface area contributed by atoms with Crippen LogP contribution in [0.15, 0.2) is 48.5 Å². The number of hydrogen-bond donors (Lipinski definition) is 2. The van der Waals surface area contributed by atoms with Gasteiger partial charge in [0.2, 0.25) is 5.91 Å². The molecule has 10 nitrogen and oxygen atoms in total. The molecule has 2 fully saturated rings. The third-order valence-corrected chi connectivity index (χ3v) is 7.20. The highest BCUT2D eigenvalue weighted by atomic mass is 16.6. The molecule has 0 saturated carbocycles. The fourth-order valence-electron chi connectivity index (χ4n) is 5.33. The first-order valence-electron chi connectivity index (χ1n) is 12.4. The topological polar surface area (TPSA) is 117 Å². The van der Waals surface area contributed by atoms with Crippen molar-refractivity contribution in [3.05, 3.63) is 65.2 Å². The predicted octanol–water partition coefficient (Wildman–Crippen LogP) is 2.88. The number of rotatable bonds is 6. The first-order chi connectivity index (χ1) is 17.9. The fourth-order valence-corrected chi connectivity index (χ4v) is 5.33. The van der Waals surface area contributed by atoms with Gasteiger partial charge in [-0.1, -0.05) is 36.4 Å². The second-order valence-electron chi connectivity index (χ2n) is 9.63. The Morgan fingerprint density at radius 3 is 2.59 bits per heavy atom. The normalized spacial score (nSPS) is 21.1. The number of carbonyl (C=O) groups excluding carboxylic acids is 4. The number of urea groups is 1. The molecule has 2 aromatic carbocycles. The van der Waals surface area contributed by atoms with Crippen LogP contribution in [0.3, 0.4) is 0 Å². The summed E-state index contributed by atoms with van der Waals surface area (Å²) in [5.41, 5.74) is 1.34. The van der Waals surface area contributed by atoms with Gasteiger partial charge in [0, 0.05) is 49.7 Å². The van der Waals surface area contributed by atoms with E-state index in [-0.39, 0.29) is 37.2 Å². The first kappa shape index (κ1) is 24.8. The Morgan fingerprint density at radius 1 is 1.11 bits per heavy atom. The Kier molecular flexibility index (Phi) is 6.84. The van der Waals surface area contributed by atoms with E-state index >= 15 is 0 Å². The maximum atomic E-state index is 13.6. The summed E-state index contributed by atoms with van der Waals surface area (Å²) >= 11 is 0. The molecule has 2 saturated heterocycles. The molecule has 1 unspecified atom stereocenters. The highest BCUT2D eigenvalue weighted by molar-refractivity contribution is 6.04. The molecule has 0 radical (unpaired) electrons. The number of ketones is 1. The first-order valence-corrected chi connectivity index (χ1v) is 12.4. The number of benzene rings is 2. The molecule has 1 spiro atoms. The summed E-state index contributed by atoms with van der Waals surface area (Å²) in [7, 11) is 1.50. The molecule has 37 heavy (non-hydrogen) atoms. The molecule has 10 heteroatoms. The third-order valence-electron chi connectivity index (χ3n) is 7.20. The van der Waals surface area contributed by atoms with Crippen LogP contribution >= 0.6 is 0 Å². The van der Waals surface area contributed by atoms with E-state index < -0.39 is 17.7 Å². The number of nitrogens with zero attached hydrogens (tertiary/aromatic N) is 2. The minimum absolute atomic E-state index is 0.00408. The second kappa shape index (κ2) is 10.2. The van der Waals surface area contributed by atoms with Gasteiger partial charge in [-0.2, -0.15) is 0 Å². The number of ether oxygens (including phenoxy) is 2. The molecule has 2 heterocycles. The molecule has 1 aliphatic carbocycles. The van der Waals surface area contributed by atoms with E-state index in [2.05, 4.69) is 10.6 Å². The second-order valence-corrected chi connectivity index (χ2v) is 9.63. The van der Waals surface area contributed by atoms with Gasteiger partial charge in [0.25, 0.3) is 0 Å². The van der Waals surface area contributed by atoms with Crippen LogP contribution in [-0.4, -0.2) is 73.0 Å². The minimum Gasteiger partial charge on any atom is -0.435 e. The van der Waals surface area contributed by atoms with Crippen LogP contribution < -0.4 is 10.6 Å². The van der Waals surface area contributed by atoms with Crippen LogP contribution in [0.5, 0.6) is 0 Å². The van der Waals surface area contributed by atoms with Crippen molar-refractivity contribution in [1.82, 2.24) is 15.1 Å². The molecule has 1 atom stereocenters. The van der Waals surface area contributed by atoms with Gasteiger partial charge in [-0.3, -0.25) is 14.5 Å².